The van der Waals surface area contributed by atoms with Crippen molar-refractivity contribution in [2.24, 2.45) is 0 Å². The summed E-state index contributed by atoms with van der Waals surface area (Å²) in [5.74, 6) is 1.87. The van der Waals surface area contributed by atoms with Gasteiger partial charge in [0.2, 0.25) is 0 Å². The lowest BCUT2D eigenvalue weighted by molar-refractivity contribution is 0.0953. The molecule has 0 fully saturated rings. The van der Waals surface area contributed by atoms with E-state index in [1.54, 1.807) is 0 Å². The zero-order valence-corrected chi connectivity index (χ0v) is 19.4. The number of fused-ring (bicyclic) bond motifs is 1. The molecule has 5 nitrogen and oxygen atoms in total. The lowest BCUT2D eigenvalue weighted by Gasteiger charge is -2.11. The molecule has 0 bridgehead atoms. The number of amides is 1. The molecular weight excluding hydrogens is 410 g/mol. The van der Waals surface area contributed by atoms with Gasteiger partial charge in [0.05, 0.1) is 17.6 Å². The summed E-state index contributed by atoms with van der Waals surface area (Å²) in [6.45, 7) is 6.04. The number of carbonyl (C=O) groups is 1. The molecular formula is C28H31N3O2. The molecule has 0 aliphatic rings. The fourth-order valence-corrected chi connectivity index (χ4v) is 3.98. The van der Waals surface area contributed by atoms with Gasteiger partial charge in [0, 0.05) is 18.5 Å². The highest BCUT2D eigenvalue weighted by molar-refractivity contribution is 5.94. The molecule has 3 aromatic carbocycles. The molecule has 0 atom stereocenters. The summed E-state index contributed by atoms with van der Waals surface area (Å²) in [6.07, 6.45) is 2.63. The maximum atomic E-state index is 12.4. The van der Waals surface area contributed by atoms with E-state index in [0.717, 1.165) is 54.0 Å². The minimum absolute atomic E-state index is 0.0327. The van der Waals surface area contributed by atoms with E-state index in [1.807, 2.05) is 61.5 Å². The first-order valence-corrected chi connectivity index (χ1v) is 11.6. The van der Waals surface area contributed by atoms with Crippen LogP contribution < -0.4 is 10.1 Å². The molecule has 0 unspecified atom stereocenters. The van der Waals surface area contributed by atoms with Crippen LogP contribution in [-0.2, 0) is 19.4 Å². The zero-order chi connectivity index (χ0) is 23.0. The zero-order valence-electron chi connectivity index (χ0n) is 19.4. The predicted molar refractivity (Wildman–Crippen MR) is 133 cm³/mol. The first kappa shape index (κ1) is 22.6. The minimum atomic E-state index is -0.0327. The third kappa shape index (κ3) is 5.80. The van der Waals surface area contributed by atoms with Crippen molar-refractivity contribution in [2.45, 2.75) is 39.7 Å². The Labute approximate surface area is 195 Å². The number of hydrogen-bond donors (Lipinski definition) is 1. The maximum Gasteiger partial charge on any atom is 0.251 e. The molecule has 4 aromatic rings. The molecule has 5 heteroatoms. The number of hydrogen-bond acceptors (Lipinski definition) is 3. The van der Waals surface area contributed by atoms with Crippen molar-refractivity contribution in [2.75, 3.05) is 13.2 Å². The summed E-state index contributed by atoms with van der Waals surface area (Å²) in [6, 6.07) is 24.1. The van der Waals surface area contributed by atoms with E-state index >= 15 is 0 Å². The van der Waals surface area contributed by atoms with E-state index in [2.05, 4.69) is 35.0 Å². The molecule has 0 spiro atoms. The van der Waals surface area contributed by atoms with E-state index in [4.69, 9.17) is 9.72 Å². The highest BCUT2D eigenvalue weighted by Gasteiger charge is 2.11. The molecule has 170 valence electrons. The second kappa shape index (κ2) is 10.8. The van der Waals surface area contributed by atoms with Crippen molar-refractivity contribution in [3.05, 3.63) is 95.3 Å². The van der Waals surface area contributed by atoms with Gasteiger partial charge < -0.3 is 14.6 Å². The number of imidazole rings is 1. The van der Waals surface area contributed by atoms with Crippen LogP contribution in [-0.4, -0.2) is 28.6 Å². The normalized spacial score (nSPS) is 11.0. The van der Waals surface area contributed by atoms with Crippen LogP contribution in [0.3, 0.4) is 0 Å². The van der Waals surface area contributed by atoms with Gasteiger partial charge in [-0.05, 0) is 61.7 Å². The van der Waals surface area contributed by atoms with E-state index in [0.29, 0.717) is 18.7 Å². The number of benzene rings is 3. The third-order valence-corrected chi connectivity index (χ3v) is 5.79. The molecule has 4 rings (SSSR count). The van der Waals surface area contributed by atoms with Gasteiger partial charge in [0.25, 0.3) is 5.91 Å². The molecule has 0 aliphatic carbocycles. The maximum absolute atomic E-state index is 12.4. The van der Waals surface area contributed by atoms with Gasteiger partial charge in [-0.3, -0.25) is 4.79 Å². The fraction of sp³-hybridized carbons (Fsp3) is 0.286. The Kier molecular flexibility index (Phi) is 7.40. The van der Waals surface area contributed by atoms with Crippen LogP contribution in [0, 0.1) is 6.92 Å². The van der Waals surface area contributed by atoms with Crippen LogP contribution in [0.15, 0.2) is 72.8 Å². The predicted octanol–water partition coefficient (Wildman–Crippen LogP) is 5.35. The minimum Gasteiger partial charge on any atom is -0.492 e. The lowest BCUT2D eigenvalue weighted by Crippen LogP contribution is -2.25. The van der Waals surface area contributed by atoms with Crippen molar-refractivity contribution in [1.82, 2.24) is 14.9 Å². The number of carbonyl (C=O) groups excluding carboxylic acids is 1. The summed E-state index contributed by atoms with van der Waals surface area (Å²) in [5, 5.41) is 3.02. The highest BCUT2D eigenvalue weighted by atomic mass is 16.5. The van der Waals surface area contributed by atoms with E-state index in [-0.39, 0.29) is 5.91 Å². The van der Waals surface area contributed by atoms with Crippen LogP contribution in [0.1, 0.15) is 40.7 Å². The van der Waals surface area contributed by atoms with E-state index in [9.17, 15) is 4.79 Å². The van der Waals surface area contributed by atoms with Crippen molar-refractivity contribution < 1.29 is 9.53 Å². The first-order chi connectivity index (χ1) is 16.1. The van der Waals surface area contributed by atoms with Crippen molar-refractivity contribution in [3.8, 4) is 5.75 Å². The number of para-hydroxylation sites is 2. The number of nitrogens with one attached hydrogen (secondary N) is 1. The highest BCUT2D eigenvalue weighted by Crippen LogP contribution is 2.18. The average Bonchev–Trinajstić information content (AvgIpc) is 3.19. The Morgan fingerprint density at radius 3 is 2.64 bits per heavy atom. The summed E-state index contributed by atoms with van der Waals surface area (Å²) >= 11 is 0. The second-order valence-corrected chi connectivity index (χ2v) is 8.24. The van der Waals surface area contributed by atoms with Gasteiger partial charge >= 0.3 is 0 Å². The largest absolute Gasteiger partial charge is 0.492 e. The average molecular weight is 442 g/mol. The van der Waals surface area contributed by atoms with Gasteiger partial charge in [0.1, 0.15) is 18.2 Å². The Bertz CT molecular complexity index is 1210. The molecule has 0 radical (unpaired) electrons. The number of rotatable bonds is 10. The number of aromatic nitrogens is 2. The molecule has 1 heterocycles. The molecule has 1 aromatic heterocycles. The standard InChI is InChI=1S/C28H31N3O2/c1-3-22-13-15-24(16-14-22)33-19-18-31-26-11-5-4-10-25(26)30-27(31)12-7-17-29-28(32)23-9-6-8-21(2)20-23/h4-6,8-11,13-16,20H,3,7,12,17-19H2,1-2H3,(H,29,32). The number of aryl methyl sites for hydroxylation is 3. The molecule has 1 N–H and O–H groups in total. The Morgan fingerprint density at radius 1 is 1.03 bits per heavy atom. The van der Waals surface area contributed by atoms with Crippen molar-refractivity contribution in [3.63, 3.8) is 0 Å². The smallest absolute Gasteiger partial charge is 0.251 e. The Morgan fingerprint density at radius 2 is 1.85 bits per heavy atom. The summed E-state index contributed by atoms with van der Waals surface area (Å²) in [5.41, 5.74) is 5.19. The SMILES string of the molecule is CCc1ccc(OCCn2c(CCCNC(=O)c3cccc(C)c3)nc3ccccc32)cc1. The molecule has 0 saturated carbocycles. The Balaban J connectivity index is 1.35. The van der Waals surface area contributed by atoms with Gasteiger partial charge in [0.15, 0.2) is 0 Å². The summed E-state index contributed by atoms with van der Waals surface area (Å²) in [4.78, 5) is 17.2. The summed E-state index contributed by atoms with van der Waals surface area (Å²) in [7, 11) is 0. The van der Waals surface area contributed by atoms with Gasteiger partial charge in [-0.1, -0.05) is 48.9 Å². The van der Waals surface area contributed by atoms with Crippen LogP contribution in [0.25, 0.3) is 11.0 Å². The van der Waals surface area contributed by atoms with Crippen molar-refractivity contribution in [1.29, 1.82) is 0 Å². The van der Waals surface area contributed by atoms with Crippen molar-refractivity contribution >= 4 is 16.9 Å². The topological polar surface area (TPSA) is 56.1 Å². The van der Waals surface area contributed by atoms with Crippen LogP contribution in [0.4, 0.5) is 0 Å². The summed E-state index contributed by atoms with van der Waals surface area (Å²) < 4.78 is 8.23. The van der Waals surface area contributed by atoms with Crippen LogP contribution >= 0.6 is 0 Å². The van der Waals surface area contributed by atoms with E-state index in [1.165, 1.54) is 5.56 Å². The van der Waals surface area contributed by atoms with Crippen LogP contribution in [0.5, 0.6) is 5.75 Å². The number of nitrogens with zero attached hydrogens (tertiary/aromatic N) is 2. The monoisotopic (exact) mass is 441 g/mol. The van der Waals surface area contributed by atoms with E-state index < -0.39 is 0 Å². The van der Waals surface area contributed by atoms with Crippen LogP contribution in [0.2, 0.25) is 0 Å². The lowest BCUT2D eigenvalue weighted by atomic mass is 10.1. The Hall–Kier alpha value is -3.60. The molecule has 1 amide bonds. The molecule has 33 heavy (non-hydrogen) atoms. The van der Waals surface area contributed by atoms with Gasteiger partial charge in [-0.15, -0.1) is 0 Å². The van der Waals surface area contributed by atoms with Gasteiger partial charge in [-0.2, -0.15) is 0 Å². The second-order valence-electron chi connectivity index (χ2n) is 8.24. The van der Waals surface area contributed by atoms with Gasteiger partial charge in [-0.25, -0.2) is 4.98 Å². The molecule has 0 aliphatic heterocycles. The first-order valence-electron chi connectivity index (χ1n) is 11.6. The third-order valence-electron chi connectivity index (χ3n) is 5.79. The fourth-order valence-electron chi connectivity index (χ4n) is 3.98. The molecule has 0 saturated heterocycles. The number of ether oxygens (including phenoxy) is 1. The quantitative estimate of drug-likeness (QED) is 0.338.